The number of likely N-dealkylation sites (tertiary alicyclic amines) is 1. The minimum absolute atomic E-state index is 0.109. The van der Waals surface area contributed by atoms with E-state index in [1.54, 1.807) is 6.20 Å². The highest BCUT2D eigenvalue weighted by Crippen LogP contribution is 2.15. The molecular formula is C15H22FN3O. The van der Waals surface area contributed by atoms with Crippen LogP contribution in [0.4, 0.5) is 4.39 Å². The molecule has 0 spiro atoms. The first-order valence-corrected chi connectivity index (χ1v) is 7.23. The van der Waals surface area contributed by atoms with Gasteiger partial charge >= 0.3 is 0 Å². The summed E-state index contributed by atoms with van der Waals surface area (Å²) >= 11 is 0. The molecule has 0 bridgehead atoms. The predicted octanol–water partition coefficient (Wildman–Crippen LogP) is 2.27. The quantitative estimate of drug-likeness (QED) is 0.919. The molecule has 1 fully saturated rings. The van der Waals surface area contributed by atoms with Gasteiger partial charge in [0.1, 0.15) is 5.82 Å². The lowest BCUT2D eigenvalue weighted by atomic mass is 10.1. The molecule has 2 rings (SSSR count). The summed E-state index contributed by atoms with van der Waals surface area (Å²) in [4.78, 5) is 18.1. The van der Waals surface area contributed by atoms with E-state index in [9.17, 15) is 9.18 Å². The maximum absolute atomic E-state index is 13.1. The molecule has 1 aliphatic heterocycles. The first-order chi connectivity index (χ1) is 9.58. The molecule has 0 aliphatic carbocycles. The zero-order chi connectivity index (χ0) is 14.5. The Balaban J connectivity index is 1.92. The van der Waals surface area contributed by atoms with Gasteiger partial charge < -0.3 is 4.90 Å². The van der Waals surface area contributed by atoms with Crippen LogP contribution in [0.1, 0.15) is 44.7 Å². The summed E-state index contributed by atoms with van der Waals surface area (Å²) in [6.07, 6.45) is 6.18. The number of halogens is 1. The van der Waals surface area contributed by atoms with Crippen LogP contribution >= 0.6 is 0 Å². The van der Waals surface area contributed by atoms with Crippen molar-refractivity contribution < 1.29 is 9.18 Å². The number of amides is 1. The van der Waals surface area contributed by atoms with E-state index in [-0.39, 0.29) is 23.8 Å². The van der Waals surface area contributed by atoms with E-state index in [2.05, 4.69) is 10.3 Å². The van der Waals surface area contributed by atoms with Crippen molar-refractivity contribution >= 4 is 5.91 Å². The molecule has 1 aromatic rings. The van der Waals surface area contributed by atoms with Crippen LogP contribution in [0, 0.1) is 5.82 Å². The van der Waals surface area contributed by atoms with Crippen LogP contribution in [0.2, 0.25) is 0 Å². The van der Waals surface area contributed by atoms with Crippen LogP contribution in [-0.2, 0) is 4.79 Å². The fraction of sp³-hybridized carbons (Fsp3) is 0.600. The molecule has 1 N–H and O–H groups in total. The van der Waals surface area contributed by atoms with Crippen LogP contribution in [0.3, 0.4) is 0 Å². The van der Waals surface area contributed by atoms with Crippen LogP contribution in [0.5, 0.6) is 0 Å². The minimum Gasteiger partial charge on any atom is -0.341 e. The first-order valence-electron chi connectivity index (χ1n) is 7.23. The van der Waals surface area contributed by atoms with Gasteiger partial charge in [-0.2, -0.15) is 0 Å². The Labute approximate surface area is 119 Å². The summed E-state index contributed by atoms with van der Waals surface area (Å²) in [5.41, 5.74) is 0.753. The average Bonchev–Trinajstić information content (AvgIpc) is 2.47. The number of nitrogens with zero attached hydrogens (tertiary/aromatic N) is 2. The molecule has 2 unspecified atom stereocenters. The maximum Gasteiger partial charge on any atom is 0.239 e. The van der Waals surface area contributed by atoms with Gasteiger partial charge in [-0.1, -0.05) is 0 Å². The molecule has 1 aliphatic rings. The maximum atomic E-state index is 13.1. The Morgan fingerprint density at radius 2 is 2.00 bits per heavy atom. The lowest BCUT2D eigenvalue weighted by molar-refractivity contribution is -0.134. The monoisotopic (exact) mass is 279 g/mol. The lowest BCUT2D eigenvalue weighted by Crippen LogP contribution is -2.47. The van der Waals surface area contributed by atoms with Crippen molar-refractivity contribution in [3.05, 3.63) is 29.8 Å². The summed E-state index contributed by atoms with van der Waals surface area (Å²) in [6.45, 7) is 5.47. The average molecular weight is 279 g/mol. The van der Waals surface area contributed by atoms with E-state index >= 15 is 0 Å². The molecule has 20 heavy (non-hydrogen) atoms. The van der Waals surface area contributed by atoms with Crippen molar-refractivity contribution in [2.75, 3.05) is 13.1 Å². The predicted molar refractivity (Wildman–Crippen MR) is 75.6 cm³/mol. The highest BCUT2D eigenvalue weighted by molar-refractivity contribution is 5.81. The zero-order valence-corrected chi connectivity index (χ0v) is 12.1. The molecule has 0 saturated carbocycles. The molecule has 110 valence electrons. The van der Waals surface area contributed by atoms with Crippen LogP contribution in [-0.4, -0.2) is 34.9 Å². The summed E-state index contributed by atoms with van der Waals surface area (Å²) < 4.78 is 13.1. The Morgan fingerprint density at radius 1 is 1.30 bits per heavy atom. The van der Waals surface area contributed by atoms with Gasteiger partial charge in [0.15, 0.2) is 0 Å². The van der Waals surface area contributed by atoms with Crippen molar-refractivity contribution in [1.82, 2.24) is 15.2 Å². The first kappa shape index (κ1) is 14.9. The van der Waals surface area contributed by atoms with E-state index in [0.29, 0.717) is 0 Å². The van der Waals surface area contributed by atoms with Gasteiger partial charge in [0.2, 0.25) is 5.91 Å². The van der Waals surface area contributed by atoms with Crippen LogP contribution < -0.4 is 5.32 Å². The summed E-state index contributed by atoms with van der Waals surface area (Å²) in [7, 11) is 0. The molecular weight excluding hydrogens is 257 g/mol. The number of pyridine rings is 1. The van der Waals surface area contributed by atoms with Crippen LogP contribution in [0.15, 0.2) is 18.5 Å². The largest absolute Gasteiger partial charge is 0.341 e. The third-order valence-corrected chi connectivity index (χ3v) is 3.76. The van der Waals surface area contributed by atoms with Gasteiger partial charge in [0, 0.05) is 25.3 Å². The second kappa shape index (κ2) is 6.79. The highest BCUT2D eigenvalue weighted by atomic mass is 19.1. The van der Waals surface area contributed by atoms with Gasteiger partial charge in [0.05, 0.1) is 12.2 Å². The smallest absolute Gasteiger partial charge is 0.239 e. The fourth-order valence-electron chi connectivity index (χ4n) is 2.60. The van der Waals surface area contributed by atoms with Crippen molar-refractivity contribution in [3.63, 3.8) is 0 Å². The van der Waals surface area contributed by atoms with Crippen molar-refractivity contribution in [1.29, 1.82) is 0 Å². The molecule has 0 radical (unpaired) electrons. The van der Waals surface area contributed by atoms with Gasteiger partial charge in [-0.25, -0.2) is 4.39 Å². The molecule has 1 aromatic heterocycles. The lowest BCUT2D eigenvalue weighted by Gasteiger charge is -2.30. The minimum atomic E-state index is -0.355. The summed E-state index contributed by atoms with van der Waals surface area (Å²) in [6, 6.07) is 1.07. The van der Waals surface area contributed by atoms with E-state index in [1.165, 1.54) is 18.7 Å². The molecule has 1 amide bonds. The number of carbonyl (C=O) groups is 1. The normalized spacial score (nSPS) is 18.6. The number of hydrogen-bond donors (Lipinski definition) is 1. The van der Waals surface area contributed by atoms with E-state index in [1.807, 2.05) is 18.7 Å². The van der Waals surface area contributed by atoms with Crippen LogP contribution in [0.25, 0.3) is 0 Å². The molecule has 5 heteroatoms. The van der Waals surface area contributed by atoms with E-state index in [4.69, 9.17) is 0 Å². The number of hydrogen-bond acceptors (Lipinski definition) is 3. The Bertz CT molecular complexity index is 460. The number of rotatable bonds is 4. The molecule has 2 atom stereocenters. The summed E-state index contributed by atoms with van der Waals surface area (Å²) in [5.74, 6) is -0.230. The number of aromatic nitrogens is 1. The fourth-order valence-corrected chi connectivity index (χ4v) is 2.60. The standard InChI is InChI=1S/C15H22FN3O/c1-11(13-8-14(16)10-17-9-13)18-12(2)15(20)19-6-4-3-5-7-19/h8-12,18H,3-7H2,1-2H3. The van der Waals surface area contributed by atoms with Gasteiger partial charge in [-0.05, 0) is 44.7 Å². The van der Waals surface area contributed by atoms with Gasteiger partial charge in [-0.3, -0.25) is 15.1 Å². The topological polar surface area (TPSA) is 45.2 Å². The van der Waals surface area contributed by atoms with Crippen molar-refractivity contribution in [2.24, 2.45) is 0 Å². The van der Waals surface area contributed by atoms with Crippen molar-refractivity contribution in [2.45, 2.75) is 45.2 Å². The number of carbonyl (C=O) groups excluding carboxylic acids is 1. The number of nitrogens with one attached hydrogen (secondary N) is 1. The molecule has 2 heterocycles. The number of piperidine rings is 1. The van der Waals surface area contributed by atoms with E-state index in [0.717, 1.165) is 31.5 Å². The van der Waals surface area contributed by atoms with E-state index < -0.39 is 0 Å². The Kier molecular flexibility index (Phi) is 5.06. The third kappa shape index (κ3) is 3.76. The van der Waals surface area contributed by atoms with Crippen molar-refractivity contribution in [3.8, 4) is 0 Å². The SMILES string of the molecule is CC(NC(C)c1cncc(F)c1)C(=O)N1CCCCC1. The third-order valence-electron chi connectivity index (χ3n) is 3.76. The van der Waals surface area contributed by atoms with Gasteiger partial charge in [0.25, 0.3) is 0 Å². The summed E-state index contributed by atoms with van der Waals surface area (Å²) in [5, 5.41) is 3.22. The Morgan fingerprint density at radius 3 is 2.65 bits per heavy atom. The highest BCUT2D eigenvalue weighted by Gasteiger charge is 2.23. The Hall–Kier alpha value is -1.49. The second-order valence-corrected chi connectivity index (χ2v) is 5.43. The molecule has 4 nitrogen and oxygen atoms in total. The zero-order valence-electron chi connectivity index (χ0n) is 12.1. The second-order valence-electron chi connectivity index (χ2n) is 5.43. The molecule has 0 aromatic carbocycles. The molecule has 1 saturated heterocycles. The van der Waals surface area contributed by atoms with Gasteiger partial charge in [-0.15, -0.1) is 0 Å².